The Balaban J connectivity index is 2.31. The molecule has 1 aliphatic rings. The van der Waals surface area contributed by atoms with Crippen LogP contribution >= 0.6 is 0 Å². The molecule has 0 atom stereocenters. The summed E-state index contributed by atoms with van der Waals surface area (Å²) in [5.41, 5.74) is 2.68. The molecule has 74 valence electrons. The number of aryl methyl sites for hydroxylation is 1. The monoisotopic (exact) mass is 189 g/mol. The van der Waals surface area contributed by atoms with E-state index in [2.05, 4.69) is 54.1 Å². The van der Waals surface area contributed by atoms with Crippen molar-refractivity contribution >= 4 is 12.0 Å². The van der Waals surface area contributed by atoms with Gasteiger partial charge < -0.3 is 0 Å². The number of benzene rings is 1. The van der Waals surface area contributed by atoms with E-state index in [1.807, 2.05) is 0 Å². The van der Waals surface area contributed by atoms with E-state index in [1.165, 1.54) is 24.2 Å². The Hall–Kier alpha value is -1.31. The highest BCUT2D eigenvalue weighted by Crippen LogP contribution is 2.19. The van der Waals surface area contributed by atoms with Gasteiger partial charge in [0.1, 0.15) is 5.69 Å². The van der Waals surface area contributed by atoms with Crippen LogP contribution in [0.4, 0.5) is 5.69 Å². The van der Waals surface area contributed by atoms with Gasteiger partial charge in [0, 0.05) is 6.42 Å². The lowest BCUT2D eigenvalue weighted by molar-refractivity contribution is -0.496. The lowest BCUT2D eigenvalue weighted by Crippen LogP contribution is -2.34. The molecule has 2 nitrogen and oxygen atoms in total. The van der Waals surface area contributed by atoms with Crippen molar-refractivity contribution in [1.82, 2.24) is 0 Å². The Morgan fingerprint density at radius 1 is 1.29 bits per heavy atom. The number of para-hydroxylation sites is 1. The smallest absolute Gasteiger partial charge is 0.239 e. The van der Waals surface area contributed by atoms with Crippen molar-refractivity contribution in [1.29, 1.82) is 0 Å². The molecule has 2 rings (SSSR count). The maximum Gasteiger partial charge on any atom is 0.239 e. The summed E-state index contributed by atoms with van der Waals surface area (Å²) in [6, 6.07) is 8.54. The summed E-state index contributed by atoms with van der Waals surface area (Å²) in [7, 11) is 2.13. The Morgan fingerprint density at radius 2 is 2.07 bits per heavy atom. The Morgan fingerprint density at radius 3 is 2.79 bits per heavy atom. The zero-order chi connectivity index (χ0) is 9.97. The predicted octanol–water partition coefficient (Wildman–Crippen LogP) is 1.88. The molecule has 0 fully saturated rings. The van der Waals surface area contributed by atoms with Crippen LogP contribution in [0.5, 0.6) is 0 Å². The van der Waals surface area contributed by atoms with Crippen LogP contribution in [0.1, 0.15) is 12.0 Å². The highest BCUT2D eigenvalue weighted by molar-refractivity contribution is 5.77. The van der Waals surface area contributed by atoms with Crippen molar-refractivity contribution in [2.24, 2.45) is 0 Å². The van der Waals surface area contributed by atoms with Crippen LogP contribution < -0.4 is 4.90 Å². The van der Waals surface area contributed by atoms with Crippen molar-refractivity contribution in [2.75, 3.05) is 25.0 Å². The fraction of sp³-hybridized carbons (Fsp3) is 0.417. The largest absolute Gasteiger partial charge is 0.271 e. The lowest BCUT2D eigenvalue weighted by atomic mass is 10.2. The summed E-state index contributed by atoms with van der Waals surface area (Å²) in [5.74, 6) is 0. The van der Waals surface area contributed by atoms with E-state index in [4.69, 9.17) is 0 Å². The topological polar surface area (TPSA) is 6.25 Å². The van der Waals surface area contributed by atoms with E-state index in [-0.39, 0.29) is 0 Å². The van der Waals surface area contributed by atoms with Gasteiger partial charge in [-0.2, -0.15) is 0 Å². The first-order valence-corrected chi connectivity index (χ1v) is 5.15. The van der Waals surface area contributed by atoms with Crippen LogP contribution in [-0.4, -0.2) is 31.1 Å². The van der Waals surface area contributed by atoms with E-state index in [9.17, 15) is 0 Å². The number of anilines is 1. The quantitative estimate of drug-likeness (QED) is 0.611. The SMILES string of the molecule is Cc1ccccc1N1C=[N+](C)CCC1. The molecular formula is C12H17N2+. The maximum absolute atomic E-state index is 2.33. The highest BCUT2D eigenvalue weighted by Gasteiger charge is 2.17. The van der Waals surface area contributed by atoms with Crippen LogP contribution in [0, 0.1) is 6.92 Å². The fourth-order valence-corrected chi connectivity index (χ4v) is 1.91. The number of hydrogen-bond acceptors (Lipinski definition) is 1. The minimum absolute atomic E-state index is 1.13. The molecule has 1 aliphatic heterocycles. The van der Waals surface area contributed by atoms with Gasteiger partial charge in [-0.3, -0.25) is 4.58 Å². The van der Waals surface area contributed by atoms with Gasteiger partial charge in [0.15, 0.2) is 0 Å². The molecule has 0 saturated heterocycles. The summed E-state index contributed by atoms with van der Waals surface area (Å²) in [5, 5.41) is 0. The van der Waals surface area contributed by atoms with E-state index < -0.39 is 0 Å². The average molecular weight is 189 g/mol. The first kappa shape index (κ1) is 9.25. The zero-order valence-electron chi connectivity index (χ0n) is 8.90. The number of rotatable bonds is 1. The fourth-order valence-electron chi connectivity index (χ4n) is 1.91. The minimum atomic E-state index is 1.13. The second kappa shape index (κ2) is 3.82. The molecule has 0 radical (unpaired) electrons. The molecule has 1 aromatic carbocycles. The van der Waals surface area contributed by atoms with E-state index in [0.717, 1.165) is 6.54 Å². The van der Waals surface area contributed by atoms with Gasteiger partial charge in [-0.25, -0.2) is 4.90 Å². The van der Waals surface area contributed by atoms with E-state index in [1.54, 1.807) is 0 Å². The zero-order valence-corrected chi connectivity index (χ0v) is 8.90. The lowest BCUT2D eigenvalue weighted by Gasteiger charge is -2.19. The van der Waals surface area contributed by atoms with Crippen LogP contribution in [0.2, 0.25) is 0 Å². The van der Waals surface area contributed by atoms with Gasteiger partial charge in [-0.1, -0.05) is 18.2 Å². The van der Waals surface area contributed by atoms with Gasteiger partial charge in [0.05, 0.1) is 20.1 Å². The Bertz CT molecular complexity index is 355. The summed E-state index contributed by atoms with van der Waals surface area (Å²) in [6.45, 7) is 4.47. The van der Waals surface area contributed by atoms with Crippen molar-refractivity contribution in [3.8, 4) is 0 Å². The summed E-state index contributed by atoms with van der Waals surface area (Å²) in [6.07, 6.45) is 3.44. The normalized spacial score (nSPS) is 16.7. The van der Waals surface area contributed by atoms with Crippen molar-refractivity contribution in [2.45, 2.75) is 13.3 Å². The highest BCUT2D eigenvalue weighted by atomic mass is 15.2. The van der Waals surface area contributed by atoms with Gasteiger partial charge in [0.2, 0.25) is 6.34 Å². The van der Waals surface area contributed by atoms with Gasteiger partial charge in [0.25, 0.3) is 0 Å². The van der Waals surface area contributed by atoms with Crippen molar-refractivity contribution in [3.63, 3.8) is 0 Å². The Labute approximate surface area is 85.5 Å². The first-order valence-electron chi connectivity index (χ1n) is 5.15. The summed E-state index contributed by atoms with van der Waals surface area (Å²) in [4.78, 5) is 2.33. The molecule has 0 N–H and O–H groups in total. The number of hydrogen-bond donors (Lipinski definition) is 0. The standard InChI is InChI=1S/C12H17N2/c1-11-6-3-4-7-12(11)14-9-5-8-13(2)10-14/h3-4,6-7,10H,5,8-9H2,1-2H3/q+1. The molecule has 0 spiro atoms. The average Bonchev–Trinajstić information content (AvgIpc) is 2.18. The molecule has 0 bridgehead atoms. The maximum atomic E-state index is 2.33. The molecule has 0 amide bonds. The number of nitrogens with zero attached hydrogens (tertiary/aromatic N) is 2. The molecule has 1 heterocycles. The summed E-state index contributed by atoms with van der Waals surface area (Å²) >= 11 is 0. The van der Waals surface area contributed by atoms with Crippen LogP contribution in [-0.2, 0) is 0 Å². The van der Waals surface area contributed by atoms with Crippen LogP contribution in [0.3, 0.4) is 0 Å². The molecule has 0 aromatic heterocycles. The minimum Gasteiger partial charge on any atom is -0.271 e. The van der Waals surface area contributed by atoms with E-state index in [0.29, 0.717) is 0 Å². The first-order chi connectivity index (χ1) is 6.77. The summed E-state index contributed by atoms with van der Waals surface area (Å²) < 4.78 is 2.25. The predicted molar refractivity (Wildman–Crippen MR) is 60.3 cm³/mol. The molecule has 0 aliphatic carbocycles. The second-order valence-corrected chi connectivity index (χ2v) is 3.93. The Kier molecular flexibility index (Phi) is 2.53. The molecule has 1 aromatic rings. The third-order valence-corrected chi connectivity index (χ3v) is 2.67. The van der Waals surface area contributed by atoms with E-state index >= 15 is 0 Å². The third-order valence-electron chi connectivity index (χ3n) is 2.67. The van der Waals surface area contributed by atoms with Crippen molar-refractivity contribution < 1.29 is 4.58 Å². The van der Waals surface area contributed by atoms with Gasteiger partial charge >= 0.3 is 0 Å². The third kappa shape index (κ3) is 1.79. The second-order valence-electron chi connectivity index (χ2n) is 3.93. The molecular weight excluding hydrogens is 172 g/mol. The molecule has 14 heavy (non-hydrogen) atoms. The molecule has 0 unspecified atom stereocenters. The molecule has 2 heteroatoms. The van der Waals surface area contributed by atoms with Crippen molar-refractivity contribution in [3.05, 3.63) is 29.8 Å². The molecule has 0 saturated carbocycles. The van der Waals surface area contributed by atoms with Gasteiger partial charge in [-0.05, 0) is 18.6 Å². The van der Waals surface area contributed by atoms with Crippen LogP contribution in [0.15, 0.2) is 24.3 Å². The van der Waals surface area contributed by atoms with Crippen LogP contribution in [0.25, 0.3) is 0 Å². The van der Waals surface area contributed by atoms with Gasteiger partial charge in [-0.15, -0.1) is 0 Å².